The van der Waals surface area contributed by atoms with E-state index in [4.69, 9.17) is 10.5 Å². The van der Waals surface area contributed by atoms with Gasteiger partial charge in [0, 0.05) is 6.54 Å². The smallest absolute Gasteiger partial charge is 0.343 e. The summed E-state index contributed by atoms with van der Waals surface area (Å²) in [5.74, 6) is -0.0455. The number of nitrogens with two attached hydrogens (primary N) is 1. The lowest BCUT2D eigenvalue weighted by atomic mass is 10.1. The van der Waals surface area contributed by atoms with Crippen LogP contribution in [0.5, 0.6) is 0 Å². The fraction of sp³-hybridized carbons (Fsp3) is 0.333. The molecular weight excluding hydrogens is 254 g/mol. The number of aryl methyl sites for hydroxylation is 2. The second-order valence-corrected chi connectivity index (χ2v) is 4.48. The molecule has 2 N–H and O–H groups in total. The molecule has 0 aliphatic carbocycles. The largest absolute Gasteiger partial charge is 0.462 e. The Hall–Kier alpha value is -2.30. The van der Waals surface area contributed by atoms with E-state index in [-0.39, 0.29) is 0 Å². The van der Waals surface area contributed by atoms with Gasteiger partial charge in [-0.2, -0.15) is 5.10 Å². The molecule has 0 amide bonds. The van der Waals surface area contributed by atoms with Crippen molar-refractivity contribution in [3.8, 4) is 0 Å². The third-order valence-electron chi connectivity index (χ3n) is 3.05. The molecular formula is C15H19N3O2. The molecule has 1 heterocycles. The highest BCUT2D eigenvalue weighted by atomic mass is 16.5. The Bertz CT molecular complexity index is 564. The average molecular weight is 273 g/mol. The van der Waals surface area contributed by atoms with Crippen molar-refractivity contribution in [1.82, 2.24) is 9.78 Å². The van der Waals surface area contributed by atoms with Crippen molar-refractivity contribution < 1.29 is 9.53 Å². The number of aromatic nitrogens is 2. The summed E-state index contributed by atoms with van der Waals surface area (Å²) in [4.78, 5) is 11.6. The normalized spacial score (nSPS) is 10.4. The van der Waals surface area contributed by atoms with Gasteiger partial charge in [0.2, 0.25) is 0 Å². The number of anilines is 1. The molecule has 0 spiro atoms. The molecule has 0 saturated heterocycles. The number of nitrogens with zero attached hydrogens (tertiary/aromatic N) is 2. The first kappa shape index (κ1) is 14.1. The molecule has 106 valence electrons. The van der Waals surface area contributed by atoms with Crippen LogP contribution in [-0.2, 0) is 17.7 Å². The molecule has 0 aliphatic heterocycles. The van der Waals surface area contributed by atoms with Gasteiger partial charge in [-0.15, -0.1) is 0 Å². The van der Waals surface area contributed by atoms with Gasteiger partial charge >= 0.3 is 5.97 Å². The van der Waals surface area contributed by atoms with Gasteiger partial charge in [0.25, 0.3) is 0 Å². The Labute approximate surface area is 118 Å². The Morgan fingerprint density at radius 2 is 2.10 bits per heavy atom. The first-order valence-electron chi connectivity index (χ1n) is 6.74. The van der Waals surface area contributed by atoms with E-state index < -0.39 is 5.97 Å². The van der Waals surface area contributed by atoms with Crippen LogP contribution in [0.2, 0.25) is 0 Å². The molecule has 2 aromatic rings. The summed E-state index contributed by atoms with van der Waals surface area (Å²) in [5, 5.41) is 4.14. The summed E-state index contributed by atoms with van der Waals surface area (Å²) in [6, 6.07) is 10.2. The number of rotatable bonds is 6. The van der Waals surface area contributed by atoms with Crippen LogP contribution in [-0.4, -0.2) is 22.4 Å². The molecule has 2 rings (SSSR count). The van der Waals surface area contributed by atoms with Gasteiger partial charge < -0.3 is 10.5 Å². The molecule has 20 heavy (non-hydrogen) atoms. The van der Waals surface area contributed by atoms with E-state index in [2.05, 4.69) is 17.2 Å². The maximum atomic E-state index is 11.6. The van der Waals surface area contributed by atoms with Crippen LogP contribution in [0.3, 0.4) is 0 Å². The number of carbonyl (C=O) groups is 1. The maximum absolute atomic E-state index is 11.6. The third kappa shape index (κ3) is 3.38. The zero-order chi connectivity index (χ0) is 14.4. The van der Waals surface area contributed by atoms with Crippen LogP contribution < -0.4 is 5.73 Å². The van der Waals surface area contributed by atoms with E-state index >= 15 is 0 Å². The molecule has 0 fully saturated rings. The molecule has 1 aromatic heterocycles. The predicted molar refractivity (Wildman–Crippen MR) is 77.4 cm³/mol. The standard InChI is InChI=1S/C15H19N3O2/c1-2-20-15(19)13-11-17-18(14(13)16)10-6-9-12-7-4-3-5-8-12/h3-5,7-8,11H,2,6,9-10,16H2,1H3. The average Bonchev–Trinajstić information content (AvgIpc) is 2.82. The van der Waals surface area contributed by atoms with Crippen molar-refractivity contribution in [2.45, 2.75) is 26.3 Å². The molecule has 1 aromatic carbocycles. The molecule has 0 radical (unpaired) electrons. The summed E-state index contributed by atoms with van der Waals surface area (Å²) in [6.07, 6.45) is 3.34. The first-order valence-corrected chi connectivity index (χ1v) is 6.74. The predicted octanol–water partition coefficient (Wildman–Crippen LogP) is 2.27. The summed E-state index contributed by atoms with van der Waals surface area (Å²) in [7, 11) is 0. The number of ether oxygens (including phenoxy) is 1. The van der Waals surface area contributed by atoms with Crippen molar-refractivity contribution in [2.75, 3.05) is 12.3 Å². The van der Waals surface area contributed by atoms with Crippen LogP contribution >= 0.6 is 0 Å². The van der Waals surface area contributed by atoms with E-state index in [9.17, 15) is 4.79 Å². The number of esters is 1. The number of hydrogen-bond acceptors (Lipinski definition) is 4. The second-order valence-electron chi connectivity index (χ2n) is 4.48. The van der Waals surface area contributed by atoms with Gasteiger partial charge in [-0.3, -0.25) is 0 Å². The van der Waals surface area contributed by atoms with E-state index in [1.54, 1.807) is 11.6 Å². The molecule has 0 unspecified atom stereocenters. The van der Waals surface area contributed by atoms with E-state index in [0.29, 0.717) is 24.5 Å². The highest BCUT2D eigenvalue weighted by molar-refractivity contribution is 5.93. The highest BCUT2D eigenvalue weighted by Gasteiger charge is 2.15. The quantitative estimate of drug-likeness (QED) is 0.820. The molecule has 0 atom stereocenters. The van der Waals surface area contributed by atoms with Gasteiger partial charge in [-0.05, 0) is 25.3 Å². The lowest BCUT2D eigenvalue weighted by Crippen LogP contribution is -2.10. The topological polar surface area (TPSA) is 70.1 Å². The maximum Gasteiger partial charge on any atom is 0.343 e. The lowest BCUT2D eigenvalue weighted by molar-refractivity contribution is 0.0527. The fourth-order valence-electron chi connectivity index (χ4n) is 2.02. The fourth-order valence-corrected chi connectivity index (χ4v) is 2.02. The summed E-state index contributed by atoms with van der Waals surface area (Å²) in [5.41, 5.74) is 7.53. The number of benzene rings is 1. The monoisotopic (exact) mass is 273 g/mol. The van der Waals surface area contributed by atoms with Crippen molar-refractivity contribution in [3.63, 3.8) is 0 Å². The number of nitrogen functional groups attached to an aromatic ring is 1. The van der Waals surface area contributed by atoms with Crippen molar-refractivity contribution >= 4 is 11.8 Å². The van der Waals surface area contributed by atoms with Gasteiger partial charge in [-0.25, -0.2) is 9.48 Å². The first-order chi connectivity index (χ1) is 9.72. The Morgan fingerprint density at radius 3 is 2.80 bits per heavy atom. The van der Waals surface area contributed by atoms with E-state index in [1.807, 2.05) is 18.2 Å². The SMILES string of the molecule is CCOC(=O)c1cnn(CCCc2ccccc2)c1N. The molecule has 0 aliphatic rings. The van der Waals surface area contributed by atoms with Gasteiger partial charge in [-0.1, -0.05) is 30.3 Å². The highest BCUT2D eigenvalue weighted by Crippen LogP contribution is 2.13. The number of carbonyl (C=O) groups excluding carboxylic acids is 1. The summed E-state index contributed by atoms with van der Waals surface area (Å²) < 4.78 is 6.57. The van der Waals surface area contributed by atoms with Gasteiger partial charge in [0.15, 0.2) is 0 Å². The third-order valence-corrected chi connectivity index (χ3v) is 3.05. The van der Waals surface area contributed by atoms with Crippen LogP contribution in [0.15, 0.2) is 36.5 Å². The van der Waals surface area contributed by atoms with E-state index in [0.717, 1.165) is 12.8 Å². The van der Waals surface area contributed by atoms with Gasteiger partial charge in [0.1, 0.15) is 11.4 Å². The van der Waals surface area contributed by atoms with Crippen molar-refractivity contribution in [3.05, 3.63) is 47.7 Å². The molecule has 0 saturated carbocycles. The Kier molecular flexibility index (Phi) is 4.76. The van der Waals surface area contributed by atoms with Crippen LogP contribution in [0.25, 0.3) is 0 Å². The van der Waals surface area contributed by atoms with Crippen LogP contribution in [0, 0.1) is 0 Å². The van der Waals surface area contributed by atoms with Crippen molar-refractivity contribution in [1.29, 1.82) is 0 Å². The minimum atomic E-state index is -0.417. The minimum absolute atomic E-state index is 0.331. The Morgan fingerprint density at radius 1 is 1.35 bits per heavy atom. The Balaban J connectivity index is 1.92. The molecule has 0 bridgehead atoms. The zero-order valence-corrected chi connectivity index (χ0v) is 11.6. The minimum Gasteiger partial charge on any atom is -0.462 e. The van der Waals surface area contributed by atoms with E-state index in [1.165, 1.54) is 11.8 Å². The summed E-state index contributed by atoms with van der Waals surface area (Å²) >= 11 is 0. The number of hydrogen-bond donors (Lipinski definition) is 1. The zero-order valence-electron chi connectivity index (χ0n) is 11.6. The summed E-state index contributed by atoms with van der Waals surface area (Å²) in [6.45, 7) is 2.77. The second kappa shape index (κ2) is 6.75. The van der Waals surface area contributed by atoms with Gasteiger partial charge in [0.05, 0.1) is 12.8 Å². The molecule has 5 nitrogen and oxygen atoms in total. The van der Waals surface area contributed by atoms with Crippen LogP contribution in [0.4, 0.5) is 5.82 Å². The lowest BCUT2D eigenvalue weighted by Gasteiger charge is -2.05. The van der Waals surface area contributed by atoms with Crippen molar-refractivity contribution in [2.24, 2.45) is 0 Å². The van der Waals surface area contributed by atoms with Crippen LogP contribution in [0.1, 0.15) is 29.3 Å². The molecule has 5 heteroatoms.